The number of rotatable bonds is 11. The molecule has 0 radical (unpaired) electrons. The van der Waals surface area contributed by atoms with Crippen LogP contribution in [0, 0.1) is 12.0 Å². The molecule has 1 aliphatic rings. The third-order valence-electron chi connectivity index (χ3n) is 10.6. The smallest absolute Gasteiger partial charge is 0.312 e. The fourth-order valence-corrected chi connectivity index (χ4v) is 19.0. The Balaban J connectivity index is 1.30. The third kappa shape index (κ3) is 6.83. The van der Waals surface area contributed by atoms with Gasteiger partial charge in [0.1, 0.15) is 5.52 Å². The number of fused-ring (bicyclic) bond motifs is 1. The fourth-order valence-electron chi connectivity index (χ4n) is 8.09. The minimum atomic E-state index is -2.88. The third-order valence-corrected chi connectivity index (χ3v) is 22.5. The molecule has 4 aromatic carbocycles. The van der Waals surface area contributed by atoms with E-state index in [2.05, 4.69) is 178 Å². The summed E-state index contributed by atoms with van der Waals surface area (Å²) < 4.78 is 31.6. The van der Waals surface area contributed by atoms with Gasteiger partial charge < -0.3 is 13.4 Å². The van der Waals surface area contributed by atoms with E-state index >= 15 is 0 Å². The molecule has 7 rings (SSSR count). The van der Waals surface area contributed by atoms with Crippen LogP contribution in [-0.4, -0.2) is 54.6 Å². The highest BCUT2D eigenvalue weighted by molar-refractivity contribution is 8.01. The largest absolute Gasteiger partial charge is 0.407 e. The van der Waals surface area contributed by atoms with E-state index in [0.717, 1.165) is 0 Å². The average molecular weight is 782 g/mol. The second kappa shape index (κ2) is 14.9. The first-order chi connectivity index (χ1) is 25.4. The van der Waals surface area contributed by atoms with Crippen LogP contribution in [0.1, 0.15) is 46.9 Å². The fraction of sp³-hybridized carbons (Fsp3) is 0.310. The molecular weight excluding hydrogens is 735 g/mol. The minimum Gasteiger partial charge on any atom is -0.407 e. The van der Waals surface area contributed by atoms with Gasteiger partial charge in [0.15, 0.2) is 10.8 Å². The Morgan fingerprint density at radius 2 is 1.08 bits per heavy atom. The highest BCUT2D eigenvalue weighted by Gasteiger charge is 2.55. The van der Waals surface area contributed by atoms with Gasteiger partial charge in [0.05, 0.1) is 11.7 Å². The molecule has 0 spiro atoms. The lowest BCUT2D eigenvalue weighted by Crippen LogP contribution is -2.68. The van der Waals surface area contributed by atoms with Crippen molar-refractivity contribution in [1.82, 2.24) is 19.5 Å². The first kappa shape index (κ1) is 37.7. The topological polar surface area (TPSA) is 62.1 Å². The van der Waals surface area contributed by atoms with Crippen LogP contribution in [0.25, 0.3) is 11.2 Å². The summed E-state index contributed by atoms with van der Waals surface area (Å²) in [5.74, 6) is -0.0194. The van der Waals surface area contributed by atoms with Crippen LogP contribution in [0.4, 0.5) is 4.39 Å². The zero-order valence-electron chi connectivity index (χ0n) is 31.0. The number of imidazole rings is 1. The quantitative estimate of drug-likeness (QED) is 0.0755. The van der Waals surface area contributed by atoms with Crippen molar-refractivity contribution in [2.24, 2.45) is 5.92 Å². The summed E-state index contributed by atoms with van der Waals surface area (Å²) in [6.07, 6.45) is 0.831. The second-order valence-corrected chi connectivity index (χ2v) is 26.1. The van der Waals surface area contributed by atoms with Gasteiger partial charge in [-0.05, 0) is 30.8 Å². The summed E-state index contributed by atoms with van der Waals surface area (Å²) >= 11 is 8.15. The molecule has 6 nitrogen and oxygen atoms in total. The Morgan fingerprint density at radius 3 is 1.49 bits per heavy atom. The lowest BCUT2D eigenvalue weighted by molar-refractivity contribution is 0.168. The van der Waals surface area contributed by atoms with E-state index in [1.54, 1.807) is 18.1 Å². The van der Waals surface area contributed by atoms with Crippen molar-refractivity contribution in [1.29, 1.82) is 0 Å². The van der Waals surface area contributed by atoms with E-state index in [-0.39, 0.29) is 31.8 Å². The molecule has 11 heteroatoms. The van der Waals surface area contributed by atoms with Crippen molar-refractivity contribution in [3.63, 3.8) is 0 Å². The molecule has 0 N–H and O–H groups in total. The van der Waals surface area contributed by atoms with E-state index < -0.39 is 22.7 Å². The molecule has 3 atom stereocenters. The van der Waals surface area contributed by atoms with Gasteiger partial charge in [-0.3, -0.25) is 0 Å². The predicted octanol–water partition coefficient (Wildman–Crippen LogP) is 8.00. The van der Waals surface area contributed by atoms with Gasteiger partial charge in [0, 0.05) is 24.4 Å². The lowest BCUT2D eigenvalue weighted by Gasteiger charge is -2.50. The van der Waals surface area contributed by atoms with Crippen molar-refractivity contribution >= 4 is 71.9 Å². The summed E-state index contributed by atoms with van der Waals surface area (Å²) in [4.78, 5) is 12.4. The van der Waals surface area contributed by atoms with Gasteiger partial charge in [-0.15, -0.1) is 11.8 Å². The zero-order chi connectivity index (χ0) is 37.4. The molecule has 0 aliphatic carbocycles. The van der Waals surface area contributed by atoms with Crippen molar-refractivity contribution in [2.75, 3.05) is 13.2 Å². The highest BCUT2D eigenvalue weighted by Crippen LogP contribution is 2.53. The van der Waals surface area contributed by atoms with Crippen LogP contribution in [0.2, 0.25) is 15.2 Å². The van der Waals surface area contributed by atoms with Gasteiger partial charge in [-0.2, -0.15) is 14.4 Å². The van der Waals surface area contributed by atoms with Crippen molar-refractivity contribution < 1.29 is 13.2 Å². The maximum atomic E-state index is 14.6. The number of halogens is 2. The monoisotopic (exact) mass is 780 g/mol. The Labute approximate surface area is 323 Å². The first-order valence-corrected chi connectivity index (χ1v) is 23.2. The molecule has 274 valence electrons. The van der Waals surface area contributed by atoms with Crippen LogP contribution < -0.4 is 20.7 Å². The van der Waals surface area contributed by atoms with Crippen LogP contribution >= 0.6 is 23.4 Å². The van der Waals surface area contributed by atoms with Gasteiger partial charge in [-0.25, -0.2) is 4.98 Å². The van der Waals surface area contributed by atoms with E-state index in [0.29, 0.717) is 24.4 Å². The van der Waals surface area contributed by atoms with Gasteiger partial charge in [0.25, 0.3) is 16.6 Å². The summed E-state index contributed by atoms with van der Waals surface area (Å²) in [7, 11) is -5.70. The van der Waals surface area contributed by atoms with E-state index in [9.17, 15) is 4.39 Å². The summed E-state index contributed by atoms with van der Waals surface area (Å²) in [5, 5.41) is 4.47. The molecule has 0 unspecified atom stereocenters. The minimum absolute atomic E-state index is 0.00209. The zero-order valence-corrected chi connectivity index (χ0v) is 34.6. The Hall–Kier alpha value is -3.65. The predicted molar refractivity (Wildman–Crippen MR) is 221 cm³/mol. The molecule has 1 fully saturated rings. The van der Waals surface area contributed by atoms with Crippen molar-refractivity contribution in [2.45, 2.75) is 62.2 Å². The van der Waals surface area contributed by atoms with E-state index in [4.69, 9.17) is 20.5 Å². The molecule has 1 aliphatic heterocycles. The maximum absolute atomic E-state index is 14.6. The van der Waals surface area contributed by atoms with Crippen molar-refractivity contribution in [3.8, 4) is 0 Å². The number of benzene rings is 4. The Bertz CT molecular complexity index is 2070. The van der Waals surface area contributed by atoms with Crippen molar-refractivity contribution in [3.05, 3.63) is 139 Å². The normalized spacial score (nSPS) is 18.2. The summed E-state index contributed by atoms with van der Waals surface area (Å²) in [6.45, 7) is 14.8. The van der Waals surface area contributed by atoms with Gasteiger partial charge in [0.2, 0.25) is 0 Å². The SMILES string of the molecule is CC(C)(C)[Si](OC[C@H]1[C@H](n2cnc3c(Cl)nc(F)nc32)S[C@@H]1CO[Si](c1ccccc1)(c1ccccc1)C(C)(C)C)(c1ccccc1)c1ccccc1. The standard InChI is InChI=1S/C42H46ClFN4O2SSi2/c1-41(2,3)52(30-19-11-7-12-20-30,31-21-13-8-14-22-31)49-27-34-35(51-39(34)48-29-45-36-37(43)46-40(44)47-38(36)48)28-50-53(42(4,5)6,32-23-15-9-16-24-32)33-25-17-10-18-26-33/h7-26,29,34-35,39H,27-28H2,1-6H3/t34-,35-,39-/m1/s1. The van der Waals surface area contributed by atoms with E-state index in [1.807, 2.05) is 4.57 Å². The first-order valence-electron chi connectivity index (χ1n) is 18.1. The average Bonchev–Trinajstić information content (AvgIpc) is 3.55. The number of nitrogens with zero attached hydrogens (tertiary/aromatic N) is 4. The molecule has 1 saturated heterocycles. The second-order valence-electron chi connectivity index (χ2n) is 15.8. The Kier molecular flexibility index (Phi) is 10.6. The number of thioether (sulfide) groups is 1. The van der Waals surface area contributed by atoms with Crippen LogP contribution in [-0.2, 0) is 8.85 Å². The van der Waals surface area contributed by atoms with Gasteiger partial charge >= 0.3 is 6.08 Å². The molecule has 3 heterocycles. The number of hydrogen-bond donors (Lipinski definition) is 0. The number of hydrogen-bond acceptors (Lipinski definition) is 6. The van der Waals surface area contributed by atoms with E-state index in [1.165, 1.54) is 20.7 Å². The number of aromatic nitrogens is 4. The van der Waals surface area contributed by atoms with Gasteiger partial charge in [-0.1, -0.05) is 174 Å². The van der Waals surface area contributed by atoms with Crippen LogP contribution in [0.15, 0.2) is 128 Å². The summed E-state index contributed by atoms with van der Waals surface area (Å²) in [5.41, 5.74) is 0.758. The Morgan fingerprint density at radius 1 is 0.660 bits per heavy atom. The molecule has 0 saturated carbocycles. The lowest BCUT2D eigenvalue weighted by atomic mass is 10.0. The highest BCUT2D eigenvalue weighted by atomic mass is 35.5. The molecule has 2 aromatic heterocycles. The van der Waals surface area contributed by atoms with Crippen LogP contribution in [0.5, 0.6) is 0 Å². The summed E-state index contributed by atoms with van der Waals surface area (Å²) in [6, 6.07) is 42.9. The molecule has 0 bridgehead atoms. The molecular formula is C42H46ClFN4O2SSi2. The molecule has 0 amide bonds. The molecule has 6 aromatic rings. The van der Waals surface area contributed by atoms with Crippen LogP contribution in [0.3, 0.4) is 0 Å². The maximum Gasteiger partial charge on any atom is 0.312 e. The molecule has 53 heavy (non-hydrogen) atoms.